The number of carbonyl (C=O) groups is 2. The van der Waals surface area contributed by atoms with Gasteiger partial charge in [-0.2, -0.15) is 0 Å². The van der Waals surface area contributed by atoms with Gasteiger partial charge in [-0.25, -0.2) is 0 Å². The van der Waals surface area contributed by atoms with E-state index in [1.807, 2.05) is 60.7 Å². The molecule has 0 fully saturated rings. The van der Waals surface area contributed by atoms with Gasteiger partial charge in [0, 0.05) is 24.5 Å². The number of hydrogen-bond donors (Lipinski definition) is 1. The van der Waals surface area contributed by atoms with Gasteiger partial charge >= 0.3 is 11.9 Å². The first-order chi connectivity index (χ1) is 22.5. The second-order valence-corrected chi connectivity index (χ2v) is 11.0. The van der Waals surface area contributed by atoms with Crippen LogP contribution >= 0.6 is 0 Å². The predicted molar refractivity (Wildman–Crippen MR) is 178 cm³/mol. The molecule has 8 heteroatoms. The molecule has 0 atom stereocenters. The topological polar surface area (TPSA) is 112 Å². The Labute approximate surface area is 269 Å². The molecule has 1 heterocycles. The molecule has 4 aromatic rings. The van der Waals surface area contributed by atoms with Crippen molar-refractivity contribution in [3.63, 3.8) is 0 Å². The van der Waals surface area contributed by atoms with Crippen molar-refractivity contribution in [1.29, 1.82) is 0 Å². The predicted octanol–water partition coefficient (Wildman–Crippen LogP) is 7.58. The number of hydrogen-bond acceptors (Lipinski definition) is 7. The molecule has 0 saturated carbocycles. The normalized spacial score (nSPS) is 11.2. The van der Waals surface area contributed by atoms with Crippen LogP contribution < -0.4 is 14.9 Å². The molecular formula is C38H42O8. The lowest BCUT2D eigenvalue weighted by Crippen LogP contribution is -2.08. The SMILES string of the molecule is COC(=O)CCCOc1cccc(CCCCCCOc2ccc3c(=O)ccoc3c2C/C=C/c2ccccc2)c1CCC(=O)O. The van der Waals surface area contributed by atoms with E-state index in [1.165, 1.54) is 19.4 Å². The highest BCUT2D eigenvalue weighted by Gasteiger charge is 2.14. The van der Waals surface area contributed by atoms with E-state index in [9.17, 15) is 19.5 Å². The lowest BCUT2D eigenvalue weighted by molar-refractivity contribution is -0.141. The molecule has 0 spiro atoms. The van der Waals surface area contributed by atoms with Gasteiger partial charge in [-0.15, -0.1) is 0 Å². The standard InChI is InChI=1S/C38H42O8/c1-43-37(42)19-11-26-45-34-18-10-16-29(30(34)21-23-36(40)41)15-7-2-3-8-25-44-35-22-20-31-33(39)24-27-46-38(31)32(35)17-9-14-28-12-5-4-6-13-28/h4-6,9-10,12-14,16,18,20,22,24,27H,2-3,7-8,11,15,17,19,21,23,25-26H2,1H3,(H,40,41)/b14-9+. The first kappa shape index (κ1) is 34.0. The summed E-state index contributed by atoms with van der Waals surface area (Å²) in [4.78, 5) is 35.1. The average Bonchev–Trinajstić information content (AvgIpc) is 3.06. The molecule has 0 saturated heterocycles. The molecule has 3 aromatic carbocycles. The van der Waals surface area contributed by atoms with Gasteiger partial charge in [0.1, 0.15) is 17.1 Å². The highest BCUT2D eigenvalue weighted by atomic mass is 16.5. The van der Waals surface area contributed by atoms with Gasteiger partial charge in [0.15, 0.2) is 5.43 Å². The van der Waals surface area contributed by atoms with Gasteiger partial charge in [-0.1, -0.05) is 67.5 Å². The second kappa shape index (κ2) is 18.2. The van der Waals surface area contributed by atoms with E-state index < -0.39 is 5.97 Å². The molecule has 0 aliphatic carbocycles. The Hall–Kier alpha value is -4.85. The number of carboxylic acids is 1. The molecule has 8 nitrogen and oxygen atoms in total. The quantitative estimate of drug-likeness (QED) is 0.0837. The first-order valence-corrected chi connectivity index (χ1v) is 15.9. The zero-order chi connectivity index (χ0) is 32.6. The van der Waals surface area contributed by atoms with Crippen molar-refractivity contribution < 1.29 is 33.3 Å². The third kappa shape index (κ3) is 10.4. The Morgan fingerprint density at radius 3 is 2.33 bits per heavy atom. The summed E-state index contributed by atoms with van der Waals surface area (Å²) >= 11 is 0. The van der Waals surface area contributed by atoms with E-state index in [4.69, 9.17) is 13.9 Å². The van der Waals surface area contributed by atoms with E-state index >= 15 is 0 Å². The monoisotopic (exact) mass is 626 g/mol. The summed E-state index contributed by atoms with van der Waals surface area (Å²) in [5.41, 5.74) is 4.43. The van der Waals surface area contributed by atoms with Crippen LogP contribution in [0.2, 0.25) is 0 Å². The van der Waals surface area contributed by atoms with Crippen LogP contribution in [0.15, 0.2) is 88.3 Å². The molecule has 46 heavy (non-hydrogen) atoms. The van der Waals surface area contributed by atoms with Crippen LogP contribution in [0.25, 0.3) is 17.0 Å². The van der Waals surface area contributed by atoms with Crippen molar-refractivity contribution >= 4 is 29.0 Å². The third-order valence-corrected chi connectivity index (χ3v) is 7.75. The molecule has 0 aliphatic rings. The summed E-state index contributed by atoms with van der Waals surface area (Å²) in [5.74, 6) is 0.259. The van der Waals surface area contributed by atoms with Crippen molar-refractivity contribution in [2.45, 2.75) is 64.2 Å². The van der Waals surface area contributed by atoms with Gasteiger partial charge in [0.2, 0.25) is 0 Å². The van der Waals surface area contributed by atoms with E-state index in [0.29, 0.717) is 54.9 Å². The zero-order valence-corrected chi connectivity index (χ0v) is 26.4. The lowest BCUT2D eigenvalue weighted by atomic mass is 9.97. The van der Waals surface area contributed by atoms with Crippen LogP contribution in [0.3, 0.4) is 0 Å². The molecule has 1 N–H and O–H groups in total. The summed E-state index contributed by atoms with van der Waals surface area (Å²) in [6, 6.07) is 20.9. The van der Waals surface area contributed by atoms with Crippen LogP contribution in [0.1, 0.15) is 67.2 Å². The molecule has 0 bridgehead atoms. The largest absolute Gasteiger partial charge is 0.493 e. The Kier molecular flexibility index (Phi) is 13.5. The number of fused-ring (bicyclic) bond motifs is 1. The van der Waals surface area contributed by atoms with Gasteiger partial charge in [0.05, 0.1) is 32.0 Å². The van der Waals surface area contributed by atoms with Crippen molar-refractivity contribution in [2.75, 3.05) is 20.3 Å². The maximum absolute atomic E-state index is 12.4. The fourth-order valence-corrected chi connectivity index (χ4v) is 5.35. The number of carbonyl (C=O) groups excluding carboxylic acids is 1. The van der Waals surface area contributed by atoms with Gasteiger partial charge in [0.25, 0.3) is 0 Å². The fourth-order valence-electron chi connectivity index (χ4n) is 5.35. The van der Waals surface area contributed by atoms with Gasteiger partial charge in [-0.3, -0.25) is 14.4 Å². The summed E-state index contributed by atoms with van der Waals surface area (Å²) in [6.45, 7) is 0.893. The first-order valence-electron chi connectivity index (χ1n) is 15.9. The van der Waals surface area contributed by atoms with E-state index in [1.54, 1.807) is 6.07 Å². The Bertz CT molecular complexity index is 1650. The van der Waals surface area contributed by atoms with Crippen LogP contribution in [0, 0.1) is 0 Å². The molecule has 242 valence electrons. The Morgan fingerprint density at radius 1 is 0.783 bits per heavy atom. The lowest BCUT2D eigenvalue weighted by Gasteiger charge is -2.15. The number of carboxylic acid groups (broad SMARTS) is 1. The van der Waals surface area contributed by atoms with Crippen LogP contribution in [-0.4, -0.2) is 37.4 Å². The van der Waals surface area contributed by atoms with Crippen molar-refractivity contribution in [2.24, 2.45) is 0 Å². The van der Waals surface area contributed by atoms with Gasteiger partial charge < -0.3 is 23.7 Å². The highest BCUT2D eigenvalue weighted by molar-refractivity contribution is 5.82. The molecule has 0 aliphatic heterocycles. The van der Waals surface area contributed by atoms with Gasteiger partial charge in [-0.05, 0) is 73.4 Å². The number of aliphatic carboxylic acids is 1. The van der Waals surface area contributed by atoms with Crippen molar-refractivity contribution in [3.05, 3.63) is 112 Å². The smallest absolute Gasteiger partial charge is 0.305 e. The summed E-state index contributed by atoms with van der Waals surface area (Å²) < 4.78 is 22.6. The van der Waals surface area contributed by atoms with E-state index in [-0.39, 0.29) is 24.2 Å². The number of esters is 1. The van der Waals surface area contributed by atoms with Crippen LogP contribution in [0.4, 0.5) is 0 Å². The maximum Gasteiger partial charge on any atom is 0.305 e. The number of methoxy groups -OCH3 is 1. The van der Waals surface area contributed by atoms with Crippen LogP contribution in [-0.2, 0) is 33.6 Å². The number of aryl methyl sites for hydroxylation is 1. The number of rotatable bonds is 19. The average molecular weight is 627 g/mol. The minimum absolute atomic E-state index is 0.0229. The van der Waals surface area contributed by atoms with E-state index in [2.05, 4.69) is 10.8 Å². The second-order valence-electron chi connectivity index (χ2n) is 11.0. The number of unbranched alkanes of at least 4 members (excludes halogenated alkanes) is 3. The highest BCUT2D eigenvalue weighted by Crippen LogP contribution is 2.29. The van der Waals surface area contributed by atoms with E-state index in [0.717, 1.165) is 54.4 Å². The zero-order valence-electron chi connectivity index (χ0n) is 26.4. The Morgan fingerprint density at radius 2 is 1.54 bits per heavy atom. The third-order valence-electron chi connectivity index (χ3n) is 7.75. The molecule has 0 radical (unpaired) electrons. The Balaban J connectivity index is 1.30. The minimum atomic E-state index is -0.852. The van der Waals surface area contributed by atoms with Crippen molar-refractivity contribution in [1.82, 2.24) is 0 Å². The number of benzene rings is 3. The molecular weight excluding hydrogens is 584 g/mol. The fraction of sp³-hybridized carbons (Fsp3) is 0.342. The maximum atomic E-state index is 12.4. The number of ether oxygens (including phenoxy) is 3. The summed E-state index contributed by atoms with van der Waals surface area (Å²) in [6.07, 6.45) is 11.9. The summed E-state index contributed by atoms with van der Waals surface area (Å²) in [7, 11) is 1.36. The summed E-state index contributed by atoms with van der Waals surface area (Å²) in [5, 5.41) is 9.82. The molecule has 0 amide bonds. The molecule has 4 rings (SSSR count). The molecule has 0 unspecified atom stereocenters. The number of allylic oxidation sites excluding steroid dienone is 1. The molecule has 1 aromatic heterocycles. The van der Waals surface area contributed by atoms with Crippen molar-refractivity contribution in [3.8, 4) is 11.5 Å². The van der Waals surface area contributed by atoms with Crippen LogP contribution in [0.5, 0.6) is 11.5 Å². The minimum Gasteiger partial charge on any atom is -0.493 e.